The Bertz CT molecular complexity index is 590. The lowest BCUT2D eigenvalue weighted by Crippen LogP contribution is -2.02. The van der Waals surface area contributed by atoms with Crippen molar-refractivity contribution >= 4 is 11.6 Å². The molecular formula is C18H19ClO. The Morgan fingerprint density at radius 2 is 1.75 bits per heavy atom. The van der Waals surface area contributed by atoms with Crippen molar-refractivity contribution < 1.29 is 4.74 Å². The Labute approximate surface area is 125 Å². The number of allylic oxidation sites excluding steroid dienone is 1. The zero-order valence-corrected chi connectivity index (χ0v) is 12.5. The van der Waals surface area contributed by atoms with Gasteiger partial charge in [-0.25, -0.2) is 0 Å². The maximum absolute atomic E-state index is 6.04. The van der Waals surface area contributed by atoms with Gasteiger partial charge in [0.2, 0.25) is 0 Å². The third kappa shape index (κ3) is 3.43. The van der Waals surface area contributed by atoms with E-state index in [2.05, 4.69) is 31.7 Å². The predicted molar refractivity (Wildman–Crippen MR) is 85.4 cm³/mol. The highest BCUT2D eigenvalue weighted by molar-refractivity contribution is 6.17. The molecule has 0 fully saturated rings. The summed E-state index contributed by atoms with van der Waals surface area (Å²) in [6.07, 6.45) is 2.71. The second-order valence-electron chi connectivity index (χ2n) is 4.75. The first kappa shape index (κ1) is 14.7. The lowest BCUT2D eigenvalue weighted by Gasteiger charge is -2.14. The Balaban J connectivity index is 2.20. The Morgan fingerprint density at radius 1 is 1.05 bits per heavy atom. The van der Waals surface area contributed by atoms with Crippen LogP contribution in [0.15, 0.2) is 55.1 Å². The van der Waals surface area contributed by atoms with E-state index in [-0.39, 0.29) is 0 Å². The van der Waals surface area contributed by atoms with Crippen molar-refractivity contribution in [3.63, 3.8) is 0 Å². The number of halogens is 1. The topological polar surface area (TPSA) is 9.23 Å². The van der Waals surface area contributed by atoms with Crippen LogP contribution in [0.2, 0.25) is 0 Å². The van der Waals surface area contributed by atoms with Gasteiger partial charge < -0.3 is 4.74 Å². The number of ether oxygens (including phenoxy) is 1. The second-order valence-corrected chi connectivity index (χ2v) is 5.01. The number of rotatable bonds is 6. The van der Waals surface area contributed by atoms with Crippen LogP contribution < -0.4 is 4.74 Å². The first-order valence-corrected chi connectivity index (χ1v) is 7.24. The molecule has 0 amide bonds. The molecule has 0 aliphatic heterocycles. The summed E-state index contributed by atoms with van der Waals surface area (Å²) in [6, 6.07) is 14.3. The van der Waals surface area contributed by atoms with E-state index in [0.717, 1.165) is 28.9 Å². The van der Waals surface area contributed by atoms with Gasteiger partial charge in [-0.2, -0.15) is 0 Å². The molecule has 0 saturated carbocycles. The highest BCUT2D eigenvalue weighted by Crippen LogP contribution is 2.25. The molecule has 2 rings (SSSR count). The Kier molecular flexibility index (Phi) is 5.25. The molecule has 2 heteroatoms. The quantitative estimate of drug-likeness (QED) is 0.534. The van der Waals surface area contributed by atoms with Crippen molar-refractivity contribution in [1.29, 1.82) is 0 Å². The molecule has 2 aromatic carbocycles. The highest BCUT2D eigenvalue weighted by atomic mass is 35.5. The van der Waals surface area contributed by atoms with Crippen LogP contribution in [0.3, 0.4) is 0 Å². The molecule has 2 aromatic rings. The smallest absolute Gasteiger partial charge is 0.126 e. The number of hydrogen-bond donors (Lipinski definition) is 0. The van der Waals surface area contributed by atoms with Gasteiger partial charge in [0.1, 0.15) is 12.4 Å². The van der Waals surface area contributed by atoms with Gasteiger partial charge in [-0.1, -0.05) is 48.5 Å². The van der Waals surface area contributed by atoms with Crippen LogP contribution in [-0.4, -0.2) is 0 Å². The van der Waals surface area contributed by atoms with Crippen LogP contribution in [0.5, 0.6) is 5.75 Å². The van der Waals surface area contributed by atoms with Gasteiger partial charge in [-0.3, -0.25) is 0 Å². The fourth-order valence-corrected chi connectivity index (χ4v) is 2.48. The zero-order valence-electron chi connectivity index (χ0n) is 11.7. The van der Waals surface area contributed by atoms with Crippen LogP contribution in [0, 0.1) is 6.92 Å². The SMILES string of the molecule is C=CCc1cccc(C)c1OCc1ccccc1CCl. The largest absolute Gasteiger partial charge is 0.488 e. The van der Waals surface area contributed by atoms with Crippen LogP contribution >= 0.6 is 11.6 Å². The Morgan fingerprint density at radius 3 is 2.45 bits per heavy atom. The van der Waals surface area contributed by atoms with Crippen molar-refractivity contribution in [3.05, 3.63) is 77.4 Å². The van der Waals surface area contributed by atoms with E-state index in [9.17, 15) is 0 Å². The molecule has 1 nitrogen and oxygen atoms in total. The van der Waals surface area contributed by atoms with Crippen LogP contribution in [0.4, 0.5) is 0 Å². The lowest BCUT2D eigenvalue weighted by atomic mass is 10.1. The summed E-state index contributed by atoms with van der Waals surface area (Å²) in [7, 11) is 0. The average Bonchev–Trinajstić information content (AvgIpc) is 2.47. The fourth-order valence-electron chi connectivity index (χ4n) is 2.21. The minimum absolute atomic E-state index is 0.507. The van der Waals surface area contributed by atoms with Crippen LogP contribution in [0.1, 0.15) is 22.3 Å². The molecule has 0 aliphatic carbocycles. The molecule has 0 aromatic heterocycles. The van der Waals surface area contributed by atoms with Gasteiger partial charge in [0.15, 0.2) is 0 Å². The number of para-hydroxylation sites is 1. The maximum Gasteiger partial charge on any atom is 0.126 e. The average molecular weight is 287 g/mol. The molecule has 0 radical (unpaired) electrons. The minimum atomic E-state index is 0.507. The summed E-state index contributed by atoms with van der Waals surface area (Å²) in [5.74, 6) is 1.46. The van der Waals surface area contributed by atoms with E-state index < -0.39 is 0 Å². The molecule has 0 heterocycles. The van der Waals surface area contributed by atoms with Gasteiger partial charge >= 0.3 is 0 Å². The summed E-state index contributed by atoms with van der Waals surface area (Å²) < 4.78 is 6.04. The molecule has 0 atom stereocenters. The highest BCUT2D eigenvalue weighted by Gasteiger charge is 2.07. The molecule has 104 valence electrons. The van der Waals surface area contributed by atoms with Crippen molar-refractivity contribution in [1.82, 2.24) is 0 Å². The lowest BCUT2D eigenvalue weighted by molar-refractivity contribution is 0.300. The molecule has 0 unspecified atom stereocenters. The predicted octanol–water partition coefficient (Wildman–Crippen LogP) is 5.04. The van der Waals surface area contributed by atoms with Crippen molar-refractivity contribution in [3.8, 4) is 5.75 Å². The molecule has 0 N–H and O–H groups in total. The van der Waals surface area contributed by atoms with E-state index in [1.165, 1.54) is 5.56 Å². The number of alkyl halides is 1. The van der Waals surface area contributed by atoms with Gasteiger partial charge in [0.25, 0.3) is 0 Å². The third-order valence-corrected chi connectivity index (χ3v) is 3.58. The van der Waals surface area contributed by atoms with Gasteiger partial charge in [-0.05, 0) is 35.6 Å². The van der Waals surface area contributed by atoms with Crippen LogP contribution in [-0.2, 0) is 18.9 Å². The summed E-state index contributed by atoms with van der Waals surface area (Å²) in [5.41, 5.74) is 4.57. The van der Waals surface area contributed by atoms with Crippen molar-refractivity contribution in [2.45, 2.75) is 25.8 Å². The first-order valence-electron chi connectivity index (χ1n) is 6.71. The molecule has 0 spiro atoms. The van der Waals surface area contributed by atoms with E-state index >= 15 is 0 Å². The van der Waals surface area contributed by atoms with E-state index in [4.69, 9.17) is 16.3 Å². The molecular weight excluding hydrogens is 268 g/mol. The third-order valence-electron chi connectivity index (χ3n) is 3.29. The maximum atomic E-state index is 6.04. The first-order chi connectivity index (χ1) is 9.76. The summed E-state index contributed by atoms with van der Waals surface area (Å²) in [4.78, 5) is 0. The Hall–Kier alpha value is -1.73. The van der Waals surface area contributed by atoms with E-state index in [0.29, 0.717) is 12.5 Å². The standard InChI is InChI=1S/C18H19ClO/c1-3-7-15-11-6-8-14(2)18(15)20-13-17-10-5-4-9-16(17)12-19/h3-6,8-11H,1,7,12-13H2,2H3. The van der Waals surface area contributed by atoms with Crippen LogP contribution in [0.25, 0.3) is 0 Å². The van der Waals surface area contributed by atoms with E-state index in [1.54, 1.807) is 0 Å². The summed E-state index contributed by atoms with van der Waals surface area (Å²) >= 11 is 5.96. The molecule has 0 saturated heterocycles. The molecule has 20 heavy (non-hydrogen) atoms. The number of benzene rings is 2. The second kappa shape index (κ2) is 7.16. The summed E-state index contributed by atoms with van der Waals surface area (Å²) in [6.45, 7) is 6.40. The normalized spacial score (nSPS) is 10.3. The molecule has 0 bridgehead atoms. The minimum Gasteiger partial charge on any atom is -0.488 e. The zero-order chi connectivity index (χ0) is 14.4. The van der Waals surface area contributed by atoms with Gasteiger partial charge in [-0.15, -0.1) is 18.2 Å². The van der Waals surface area contributed by atoms with Gasteiger partial charge in [0, 0.05) is 5.88 Å². The molecule has 0 aliphatic rings. The monoisotopic (exact) mass is 286 g/mol. The number of aryl methyl sites for hydroxylation is 1. The van der Waals surface area contributed by atoms with Crippen molar-refractivity contribution in [2.75, 3.05) is 0 Å². The number of hydrogen-bond acceptors (Lipinski definition) is 1. The van der Waals surface area contributed by atoms with Gasteiger partial charge in [0.05, 0.1) is 0 Å². The summed E-state index contributed by atoms with van der Waals surface area (Å²) in [5, 5.41) is 0. The fraction of sp³-hybridized carbons (Fsp3) is 0.222. The van der Waals surface area contributed by atoms with E-state index in [1.807, 2.05) is 30.3 Å². The van der Waals surface area contributed by atoms with Crippen molar-refractivity contribution in [2.24, 2.45) is 0 Å².